The third-order valence-electron chi connectivity index (χ3n) is 2.47. The second-order valence-electron chi connectivity index (χ2n) is 3.61. The quantitative estimate of drug-likeness (QED) is 0.801. The zero-order valence-corrected chi connectivity index (χ0v) is 9.92. The fourth-order valence-corrected chi connectivity index (χ4v) is 1.57. The van der Waals surface area contributed by atoms with Crippen LogP contribution in [0.2, 0.25) is 0 Å². The molecule has 3 nitrogen and oxygen atoms in total. The van der Waals surface area contributed by atoms with Gasteiger partial charge in [-0.1, -0.05) is 6.07 Å². The normalized spacial score (nSPS) is 12.5. The van der Waals surface area contributed by atoms with Gasteiger partial charge in [0.2, 0.25) is 0 Å². The van der Waals surface area contributed by atoms with Crippen molar-refractivity contribution in [3.8, 4) is 5.75 Å². The average Bonchev–Trinajstić information content (AvgIpc) is 2.28. The minimum Gasteiger partial charge on any atom is -0.494 e. The maximum absolute atomic E-state index is 13.4. The van der Waals surface area contributed by atoms with E-state index < -0.39 is 0 Å². The molecule has 0 aliphatic heterocycles. The molecule has 1 aromatic carbocycles. The number of halogens is 1. The van der Waals surface area contributed by atoms with Gasteiger partial charge in [0.1, 0.15) is 0 Å². The zero-order valence-electron chi connectivity index (χ0n) is 9.92. The Morgan fingerprint density at radius 3 is 2.62 bits per heavy atom. The zero-order chi connectivity index (χ0) is 12.0. The Morgan fingerprint density at radius 1 is 1.38 bits per heavy atom. The molecule has 1 aromatic rings. The molecule has 1 N–H and O–H groups in total. The van der Waals surface area contributed by atoms with Crippen LogP contribution in [0.15, 0.2) is 18.2 Å². The summed E-state index contributed by atoms with van der Waals surface area (Å²) >= 11 is 0. The standard InChI is InChI=1S/C12H18FNO2/c1-14-10(8-15-2)6-9-4-5-12(16-3)11(13)7-9/h4-5,7,10,14H,6,8H2,1-3H3. The van der Waals surface area contributed by atoms with E-state index in [0.29, 0.717) is 6.61 Å². The topological polar surface area (TPSA) is 30.5 Å². The van der Waals surface area contributed by atoms with Gasteiger partial charge in [0.05, 0.1) is 13.7 Å². The molecule has 0 bridgehead atoms. The Bertz CT molecular complexity index is 331. The lowest BCUT2D eigenvalue weighted by Crippen LogP contribution is -2.32. The summed E-state index contributed by atoms with van der Waals surface area (Å²) in [4.78, 5) is 0. The van der Waals surface area contributed by atoms with E-state index in [1.165, 1.54) is 13.2 Å². The number of hydrogen-bond donors (Lipinski definition) is 1. The number of likely N-dealkylation sites (N-methyl/N-ethyl adjacent to an activating group) is 1. The van der Waals surface area contributed by atoms with Crippen molar-refractivity contribution >= 4 is 0 Å². The highest BCUT2D eigenvalue weighted by Crippen LogP contribution is 2.18. The molecule has 0 aliphatic carbocycles. The molecule has 1 unspecified atom stereocenters. The molecule has 1 rings (SSSR count). The van der Waals surface area contributed by atoms with Gasteiger partial charge in [-0.2, -0.15) is 0 Å². The van der Waals surface area contributed by atoms with E-state index in [2.05, 4.69) is 5.32 Å². The highest BCUT2D eigenvalue weighted by Gasteiger charge is 2.09. The molecule has 0 fully saturated rings. The molecule has 0 aromatic heterocycles. The van der Waals surface area contributed by atoms with Crippen molar-refractivity contribution < 1.29 is 13.9 Å². The maximum Gasteiger partial charge on any atom is 0.165 e. The van der Waals surface area contributed by atoms with E-state index in [1.54, 1.807) is 13.2 Å². The maximum atomic E-state index is 13.4. The molecule has 0 heterocycles. The van der Waals surface area contributed by atoms with Crippen LogP contribution in [0, 0.1) is 5.82 Å². The molecule has 0 saturated heterocycles. The largest absolute Gasteiger partial charge is 0.494 e. The van der Waals surface area contributed by atoms with E-state index >= 15 is 0 Å². The van der Waals surface area contributed by atoms with Crippen molar-refractivity contribution in [2.45, 2.75) is 12.5 Å². The van der Waals surface area contributed by atoms with E-state index in [4.69, 9.17) is 9.47 Å². The fourth-order valence-electron chi connectivity index (χ4n) is 1.57. The van der Waals surface area contributed by atoms with E-state index in [9.17, 15) is 4.39 Å². The molecule has 16 heavy (non-hydrogen) atoms. The summed E-state index contributed by atoms with van der Waals surface area (Å²) < 4.78 is 23.3. The predicted molar refractivity (Wildman–Crippen MR) is 61.4 cm³/mol. The van der Waals surface area contributed by atoms with E-state index in [0.717, 1.165) is 12.0 Å². The van der Waals surface area contributed by atoms with Crippen molar-refractivity contribution in [1.29, 1.82) is 0 Å². The van der Waals surface area contributed by atoms with Gasteiger partial charge < -0.3 is 14.8 Å². The molecule has 90 valence electrons. The van der Waals surface area contributed by atoms with Gasteiger partial charge in [-0.15, -0.1) is 0 Å². The van der Waals surface area contributed by atoms with Crippen LogP contribution in [0.1, 0.15) is 5.56 Å². The van der Waals surface area contributed by atoms with Crippen LogP contribution in [-0.2, 0) is 11.2 Å². The number of nitrogens with one attached hydrogen (secondary N) is 1. The molecule has 0 spiro atoms. The first-order valence-corrected chi connectivity index (χ1v) is 5.20. The molecule has 0 radical (unpaired) electrons. The monoisotopic (exact) mass is 227 g/mol. The third kappa shape index (κ3) is 3.47. The lowest BCUT2D eigenvalue weighted by molar-refractivity contribution is 0.169. The predicted octanol–water partition coefficient (Wildman–Crippen LogP) is 1.61. The highest BCUT2D eigenvalue weighted by molar-refractivity contribution is 5.29. The lowest BCUT2D eigenvalue weighted by atomic mass is 10.1. The van der Waals surface area contributed by atoms with Gasteiger partial charge in [-0.3, -0.25) is 0 Å². The molecule has 0 amide bonds. The second-order valence-corrected chi connectivity index (χ2v) is 3.61. The van der Waals surface area contributed by atoms with E-state index in [1.807, 2.05) is 13.1 Å². The van der Waals surface area contributed by atoms with Crippen LogP contribution in [-0.4, -0.2) is 33.9 Å². The van der Waals surface area contributed by atoms with E-state index in [-0.39, 0.29) is 17.6 Å². The molecule has 1 atom stereocenters. The summed E-state index contributed by atoms with van der Waals surface area (Å²) in [5.41, 5.74) is 0.926. The van der Waals surface area contributed by atoms with Gasteiger partial charge in [0.15, 0.2) is 11.6 Å². The summed E-state index contributed by atoms with van der Waals surface area (Å²) in [7, 11) is 4.97. The van der Waals surface area contributed by atoms with Gasteiger partial charge in [-0.05, 0) is 31.2 Å². The highest BCUT2D eigenvalue weighted by atomic mass is 19.1. The molecule has 0 saturated carbocycles. The van der Waals surface area contributed by atoms with Gasteiger partial charge in [0, 0.05) is 13.2 Å². The van der Waals surface area contributed by atoms with Crippen molar-refractivity contribution in [3.63, 3.8) is 0 Å². The van der Waals surface area contributed by atoms with Crippen molar-refractivity contribution in [3.05, 3.63) is 29.6 Å². The van der Waals surface area contributed by atoms with Crippen molar-refractivity contribution in [2.24, 2.45) is 0 Å². The second kappa shape index (κ2) is 6.45. The Morgan fingerprint density at radius 2 is 2.12 bits per heavy atom. The fraction of sp³-hybridized carbons (Fsp3) is 0.500. The smallest absolute Gasteiger partial charge is 0.165 e. The van der Waals surface area contributed by atoms with Crippen LogP contribution in [0.3, 0.4) is 0 Å². The SMILES string of the molecule is CNC(COC)Cc1ccc(OC)c(F)c1. The van der Waals surface area contributed by atoms with Crippen LogP contribution in [0.4, 0.5) is 4.39 Å². The number of rotatable bonds is 6. The van der Waals surface area contributed by atoms with Gasteiger partial charge in [-0.25, -0.2) is 4.39 Å². The third-order valence-corrected chi connectivity index (χ3v) is 2.47. The number of hydrogen-bond acceptors (Lipinski definition) is 3. The summed E-state index contributed by atoms with van der Waals surface area (Å²) in [5.74, 6) is -0.0521. The van der Waals surface area contributed by atoms with Crippen LogP contribution >= 0.6 is 0 Å². The van der Waals surface area contributed by atoms with Crippen molar-refractivity contribution in [2.75, 3.05) is 27.9 Å². The van der Waals surface area contributed by atoms with Gasteiger partial charge in [0.25, 0.3) is 0 Å². The molecular weight excluding hydrogens is 209 g/mol. The lowest BCUT2D eigenvalue weighted by Gasteiger charge is -2.15. The van der Waals surface area contributed by atoms with Gasteiger partial charge >= 0.3 is 0 Å². The summed E-state index contributed by atoms with van der Waals surface area (Å²) in [6.07, 6.45) is 0.727. The molecule has 4 heteroatoms. The van der Waals surface area contributed by atoms with Crippen LogP contribution in [0.25, 0.3) is 0 Å². The Balaban J connectivity index is 2.69. The average molecular weight is 227 g/mol. The van der Waals surface area contributed by atoms with Crippen molar-refractivity contribution in [1.82, 2.24) is 5.32 Å². The summed E-state index contributed by atoms with van der Waals surface area (Å²) in [5, 5.41) is 3.12. The van der Waals surface area contributed by atoms with Crippen LogP contribution < -0.4 is 10.1 Å². The minimum absolute atomic E-state index is 0.192. The first-order valence-electron chi connectivity index (χ1n) is 5.20. The Labute approximate surface area is 95.6 Å². The summed E-state index contributed by atoms with van der Waals surface area (Å²) in [6, 6.07) is 5.20. The van der Waals surface area contributed by atoms with Crippen LogP contribution in [0.5, 0.6) is 5.75 Å². The molecular formula is C12H18FNO2. The number of benzene rings is 1. The summed E-state index contributed by atoms with van der Waals surface area (Å²) in [6.45, 7) is 0.601. The number of ether oxygens (including phenoxy) is 2. The number of methoxy groups -OCH3 is 2. The minimum atomic E-state index is -0.327. The first kappa shape index (κ1) is 12.9. The first-order chi connectivity index (χ1) is 7.71. The Kier molecular flexibility index (Phi) is 5.22. The molecule has 0 aliphatic rings. The Hall–Kier alpha value is -1.13.